The molecule has 0 amide bonds. The lowest BCUT2D eigenvalue weighted by molar-refractivity contribution is 0.415. The second kappa shape index (κ2) is 5.99. The monoisotopic (exact) mass is 352 g/mol. The van der Waals surface area contributed by atoms with Crippen LogP contribution in [0.25, 0.3) is 23.0 Å². The first-order valence-electron chi connectivity index (χ1n) is 7.40. The Labute approximate surface area is 146 Å². The average Bonchev–Trinajstić information content (AvgIpc) is 3.07. The van der Waals surface area contributed by atoms with Crippen LogP contribution in [0.15, 0.2) is 63.8 Å². The third-order valence-electron chi connectivity index (χ3n) is 3.67. The quantitative estimate of drug-likeness (QED) is 0.528. The fourth-order valence-corrected chi connectivity index (χ4v) is 2.74. The highest BCUT2D eigenvalue weighted by molar-refractivity contribution is 7.71. The van der Waals surface area contributed by atoms with Crippen LogP contribution in [0, 0.1) is 4.77 Å². The number of benzene rings is 2. The van der Waals surface area contributed by atoms with E-state index >= 15 is 0 Å². The number of nitrogens with zero attached hydrogens (tertiary/aromatic N) is 4. The molecular weight excluding hydrogens is 340 g/mol. The van der Waals surface area contributed by atoms with Gasteiger partial charge in [-0.05, 0) is 48.6 Å². The lowest BCUT2D eigenvalue weighted by Crippen LogP contribution is -2.24. The number of methoxy groups -OCH3 is 1. The summed E-state index contributed by atoms with van der Waals surface area (Å²) in [6, 6.07) is 16.2. The minimum atomic E-state index is -0.520. The fourth-order valence-electron chi connectivity index (χ4n) is 2.44. The first-order chi connectivity index (χ1) is 12.2. The van der Waals surface area contributed by atoms with Gasteiger partial charge in [0.15, 0.2) is 0 Å². The molecule has 25 heavy (non-hydrogen) atoms. The maximum atomic E-state index is 12.4. The number of rotatable bonds is 3. The van der Waals surface area contributed by atoms with Crippen LogP contribution in [0.1, 0.15) is 0 Å². The van der Waals surface area contributed by atoms with E-state index in [1.165, 1.54) is 9.08 Å². The molecule has 0 aliphatic rings. The first kappa shape index (κ1) is 15.3. The van der Waals surface area contributed by atoms with Crippen LogP contribution < -0.4 is 10.4 Å². The molecule has 0 atom stereocenters. The Morgan fingerprint density at radius 3 is 2.48 bits per heavy atom. The molecule has 0 spiro atoms. The molecule has 0 aliphatic heterocycles. The van der Waals surface area contributed by atoms with Crippen molar-refractivity contribution >= 4 is 18.1 Å². The lowest BCUT2D eigenvalue weighted by Gasteiger charge is -2.03. The van der Waals surface area contributed by atoms with Crippen molar-refractivity contribution in [1.29, 1.82) is 0 Å². The standard InChI is InChI=1S/C17H12N4O3S/c1-23-13-9-7-11(8-10-13)14-19-21-16(24-14)18-15(22)20(17(21)25)12-5-3-2-4-6-12/h2-10H,1H3. The van der Waals surface area contributed by atoms with Crippen LogP contribution >= 0.6 is 12.2 Å². The molecule has 7 nitrogen and oxygen atoms in total. The van der Waals surface area contributed by atoms with E-state index in [-0.39, 0.29) is 10.6 Å². The summed E-state index contributed by atoms with van der Waals surface area (Å²) < 4.78 is 13.6. The Hall–Kier alpha value is -3.26. The van der Waals surface area contributed by atoms with Gasteiger partial charge in [-0.15, -0.1) is 10.1 Å². The van der Waals surface area contributed by atoms with Gasteiger partial charge in [-0.1, -0.05) is 18.2 Å². The summed E-state index contributed by atoms with van der Waals surface area (Å²) in [4.78, 5) is 16.3. The minimum absolute atomic E-state index is 0.0491. The number of fused-ring (bicyclic) bond motifs is 1. The molecule has 0 unspecified atom stereocenters. The van der Waals surface area contributed by atoms with Crippen molar-refractivity contribution in [2.75, 3.05) is 7.11 Å². The predicted octanol–water partition coefficient (Wildman–Crippen LogP) is 2.88. The highest BCUT2D eigenvalue weighted by atomic mass is 32.1. The summed E-state index contributed by atoms with van der Waals surface area (Å²) in [5.41, 5.74) is 0.821. The number of para-hydroxylation sites is 1. The molecule has 0 saturated heterocycles. The number of ether oxygens (including phenoxy) is 1. The van der Waals surface area contributed by atoms with Gasteiger partial charge in [0.25, 0.3) is 0 Å². The van der Waals surface area contributed by atoms with Crippen molar-refractivity contribution < 1.29 is 9.15 Å². The molecule has 4 rings (SSSR count). The number of hydrogen-bond donors (Lipinski definition) is 0. The van der Waals surface area contributed by atoms with Crippen LogP contribution in [0.5, 0.6) is 5.75 Å². The molecule has 124 valence electrons. The van der Waals surface area contributed by atoms with E-state index in [0.29, 0.717) is 11.6 Å². The topological polar surface area (TPSA) is 74.6 Å². The van der Waals surface area contributed by atoms with Gasteiger partial charge in [-0.3, -0.25) is 0 Å². The molecule has 0 bridgehead atoms. The minimum Gasteiger partial charge on any atom is -0.497 e. The first-order valence-corrected chi connectivity index (χ1v) is 7.81. The predicted molar refractivity (Wildman–Crippen MR) is 93.7 cm³/mol. The zero-order chi connectivity index (χ0) is 17.4. The highest BCUT2D eigenvalue weighted by Crippen LogP contribution is 2.22. The van der Waals surface area contributed by atoms with Gasteiger partial charge in [0.2, 0.25) is 10.7 Å². The molecular formula is C17H12N4O3S. The Kier molecular flexibility index (Phi) is 3.66. The van der Waals surface area contributed by atoms with Crippen molar-refractivity contribution in [3.05, 3.63) is 69.9 Å². The van der Waals surface area contributed by atoms with Crippen molar-refractivity contribution in [3.8, 4) is 22.9 Å². The Balaban J connectivity index is 1.90. The van der Waals surface area contributed by atoms with Crippen molar-refractivity contribution in [3.63, 3.8) is 0 Å². The summed E-state index contributed by atoms with van der Waals surface area (Å²) in [5, 5.41) is 4.35. The van der Waals surface area contributed by atoms with Gasteiger partial charge in [0.1, 0.15) is 5.75 Å². The zero-order valence-corrected chi connectivity index (χ0v) is 13.9. The Morgan fingerprint density at radius 1 is 1.08 bits per heavy atom. The SMILES string of the molecule is COc1ccc(-c2nn3c(=S)n(-c4ccccc4)c(=O)nc3o2)cc1. The van der Waals surface area contributed by atoms with E-state index in [4.69, 9.17) is 21.4 Å². The number of aromatic nitrogens is 4. The Morgan fingerprint density at radius 2 is 1.80 bits per heavy atom. The van der Waals surface area contributed by atoms with Gasteiger partial charge >= 0.3 is 11.5 Å². The van der Waals surface area contributed by atoms with Crippen molar-refractivity contribution in [1.82, 2.24) is 19.2 Å². The summed E-state index contributed by atoms with van der Waals surface area (Å²) in [6.07, 6.45) is 0. The second-order valence-electron chi connectivity index (χ2n) is 5.18. The van der Waals surface area contributed by atoms with E-state index in [1.807, 2.05) is 18.2 Å². The van der Waals surface area contributed by atoms with E-state index in [9.17, 15) is 4.79 Å². The zero-order valence-electron chi connectivity index (χ0n) is 13.1. The summed E-state index contributed by atoms with van der Waals surface area (Å²) in [6.45, 7) is 0. The van der Waals surface area contributed by atoms with Crippen LogP contribution in [-0.2, 0) is 0 Å². The number of hydrogen-bond acceptors (Lipinski definition) is 6. The van der Waals surface area contributed by atoms with Gasteiger partial charge in [-0.25, -0.2) is 9.36 Å². The molecule has 0 fully saturated rings. The van der Waals surface area contributed by atoms with Gasteiger partial charge < -0.3 is 9.15 Å². The van der Waals surface area contributed by atoms with Crippen LogP contribution in [-0.4, -0.2) is 26.3 Å². The third kappa shape index (κ3) is 2.62. The molecule has 2 aromatic carbocycles. The van der Waals surface area contributed by atoms with Gasteiger partial charge in [0, 0.05) is 5.56 Å². The van der Waals surface area contributed by atoms with E-state index < -0.39 is 5.69 Å². The van der Waals surface area contributed by atoms with E-state index in [2.05, 4.69) is 10.1 Å². The fraction of sp³-hybridized carbons (Fsp3) is 0.0588. The van der Waals surface area contributed by atoms with E-state index in [0.717, 1.165) is 11.3 Å². The second-order valence-corrected chi connectivity index (χ2v) is 5.54. The molecule has 0 radical (unpaired) electrons. The van der Waals surface area contributed by atoms with E-state index in [1.54, 1.807) is 43.5 Å². The molecule has 0 aliphatic carbocycles. The van der Waals surface area contributed by atoms with Gasteiger partial charge in [0.05, 0.1) is 12.8 Å². The largest absolute Gasteiger partial charge is 0.497 e. The molecule has 8 heteroatoms. The highest BCUT2D eigenvalue weighted by Gasteiger charge is 2.14. The molecule has 0 saturated carbocycles. The lowest BCUT2D eigenvalue weighted by atomic mass is 10.2. The molecule has 2 aromatic heterocycles. The van der Waals surface area contributed by atoms with Gasteiger partial charge in [-0.2, -0.15) is 4.52 Å². The molecule has 4 aromatic rings. The van der Waals surface area contributed by atoms with Crippen LogP contribution in [0.2, 0.25) is 0 Å². The average molecular weight is 352 g/mol. The molecule has 2 heterocycles. The maximum Gasteiger partial charge on any atom is 0.359 e. The Bertz CT molecular complexity index is 1160. The van der Waals surface area contributed by atoms with Crippen molar-refractivity contribution in [2.24, 2.45) is 0 Å². The summed E-state index contributed by atoms with van der Waals surface area (Å²) >= 11 is 5.41. The summed E-state index contributed by atoms with van der Waals surface area (Å²) in [7, 11) is 1.59. The normalized spacial score (nSPS) is 10.9. The third-order valence-corrected chi connectivity index (χ3v) is 4.02. The maximum absolute atomic E-state index is 12.4. The van der Waals surface area contributed by atoms with Crippen LogP contribution in [0.3, 0.4) is 0 Å². The smallest absolute Gasteiger partial charge is 0.359 e. The van der Waals surface area contributed by atoms with Crippen LogP contribution in [0.4, 0.5) is 0 Å². The molecule has 0 N–H and O–H groups in total. The van der Waals surface area contributed by atoms with Crippen molar-refractivity contribution in [2.45, 2.75) is 0 Å². The summed E-state index contributed by atoms with van der Waals surface area (Å²) in [5.74, 6) is 1.08.